The summed E-state index contributed by atoms with van der Waals surface area (Å²) in [4.78, 5) is 36.7. The predicted molar refractivity (Wildman–Crippen MR) is 137 cm³/mol. The summed E-state index contributed by atoms with van der Waals surface area (Å²) in [5.41, 5.74) is 2.71. The van der Waals surface area contributed by atoms with Gasteiger partial charge in [-0.3, -0.25) is 19.5 Å². The van der Waals surface area contributed by atoms with Crippen molar-refractivity contribution in [2.75, 3.05) is 43.0 Å². The van der Waals surface area contributed by atoms with Crippen LogP contribution < -0.4 is 9.80 Å². The van der Waals surface area contributed by atoms with Crippen LogP contribution in [0.25, 0.3) is 5.76 Å². The van der Waals surface area contributed by atoms with E-state index in [1.165, 1.54) is 4.90 Å². The van der Waals surface area contributed by atoms with Crippen molar-refractivity contribution in [3.8, 4) is 0 Å². The molecule has 0 saturated carbocycles. The molecular formula is C27H25ClN4O3. The second-order valence-electron chi connectivity index (χ2n) is 8.77. The summed E-state index contributed by atoms with van der Waals surface area (Å²) < 4.78 is 0. The van der Waals surface area contributed by atoms with Gasteiger partial charge in [-0.15, -0.1) is 0 Å². The molecule has 1 atom stereocenters. The largest absolute Gasteiger partial charge is 0.507 e. The Labute approximate surface area is 208 Å². The van der Waals surface area contributed by atoms with Gasteiger partial charge in [-0.05, 0) is 67.2 Å². The van der Waals surface area contributed by atoms with E-state index in [2.05, 4.69) is 21.8 Å². The third-order valence-electron chi connectivity index (χ3n) is 6.56. The van der Waals surface area contributed by atoms with Crippen LogP contribution in [-0.2, 0) is 9.59 Å². The van der Waals surface area contributed by atoms with Crippen LogP contribution in [0, 0.1) is 0 Å². The van der Waals surface area contributed by atoms with Gasteiger partial charge >= 0.3 is 0 Å². The first kappa shape index (κ1) is 23.1. The zero-order valence-electron chi connectivity index (χ0n) is 19.3. The molecule has 2 saturated heterocycles. The number of Topliss-reactive ketones (excluding diaryl/α,β-unsaturated/α-hetero) is 1. The maximum atomic E-state index is 13.3. The molecule has 1 N–H and O–H groups in total. The fourth-order valence-electron chi connectivity index (χ4n) is 4.60. The Morgan fingerprint density at radius 1 is 0.943 bits per heavy atom. The number of anilines is 2. The molecule has 1 aromatic heterocycles. The lowest BCUT2D eigenvalue weighted by molar-refractivity contribution is -0.132. The molecule has 7 nitrogen and oxygen atoms in total. The lowest BCUT2D eigenvalue weighted by Crippen LogP contribution is -2.44. The first-order chi connectivity index (χ1) is 16.9. The van der Waals surface area contributed by atoms with Crippen LogP contribution in [0.5, 0.6) is 0 Å². The minimum absolute atomic E-state index is 0.0217. The number of piperazine rings is 1. The number of aliphatic hydroxyl groups is 1. The van der Waals surface area contributed by atoms with Gasteiger partial charge in [-0.25, -0.2) is 0 Å². The second kappa shape index (κ2) is 9.52. The van der Waals surface area contributed by atoms with Gasteiger partial charge in [0.1, 0.15) is 5.76 Å². The normalized spacial score (nSPS) is 20.5. The zero-order valence-corrected chi connectivity index (χ0v) is 20.0. The van der Waals surface area contributed by atoms with Gasteiger partial charge in [-0.2, -0.15) is 0 Å². The Kier molecular flexibility index (Phi) is 6.28. The van der Waals surface area contributed by atoms with Gasteiger partial charge < -0.3 is 14.9 Å². The van der Waals surface area contributed by atoms with Crippen LogP contribution in [0.1, 0.15) is 17.2 Å². The van der Waals surface area contributed by atoms with Gasteiger partial charge in [-0.1, -0.05) is 17.7 Å². The fraction of sp³-hybridized carbons (Fsp3) is 0.222. The smallest absolute Gasteiger partial charge is 0.300 e. The molecule has 0 radical (unpaired) electrons. The van der Waals surface area contributed by atoms with Gasteiger partial charge in [0.25, 0.3) is 11.7 Å². The Bertz CT molecular complexity index is 1270. The average Bonchev–Trinajstić information content (AvgIpc) is 3.15. The number of pyridine rings is 1. The molecule has 35 heavy (non-hydrogen) atoms. The molecule has 2 aromatic carbocycles. The molecule has 1 amide bonds. The van der Waals surface area contributed by atoms with Crippen molar-refractivity contribution < 1.29 is 14.7 Å². The number of carbonyl (C=O) groups is 2. The summed E-state index contributed by atoms with van der Waals surface area (Å²) in [6.45, 7) is 3.83. The van der Waals surface area contributed by atoms with E-state index in [0.29, 0.717) is 21.8 Å². The van der Waals surface area contributed by atoms with Crippen molar-refractivity contribution in [1.29, 1.82) is 0 Å². The summed E-state index contributed by atoms with van der Waals surface area (Å²) in [5, 5.41) is 11.6. The molecule has 0 aliphatic carbocycles. The highest BCUT2D eigenvalue weighted by Crippen LogP contribution is 2.42. The average molecular weight is 489 g/mol. The number of hydrogen-bond acceptors (Lipinski definition) is 6. The number of rotatable bonds is 4. The number of ketones is 1. The zero-order chi connectivity index (χ0) is 24.5. The Hall–Kier alpha value is -3.68. The van der Waals surface area contributed by atoms with Crippen molar-refractivity contribution in [3.05, 3.63) is 94.8 Å². The molecule has 2 fully saturated rings. The van der Waals surface area contributed by atoms with Crippen LogP contribution in [0.4, 0.5) is 11.4 Å². The molecule has 1 unspecified atom stereocenters. The predicted octanol–water partition coefficient (Wildman–Crippen LogP) is 4.11. The van der Waals surface area contributed by atoms with E-state index in [9.17, 15) is 14.7 Å². The molecule has 0 bridgehead atoms. The summed E-state index contributed by atoms with van der Waals surface area (Å²) >= 11 is 5.99. The minimum Gasteiger partial charge on any atom is -0.507 e. The van der Waals surface area contributed by atoms with Gasteiger partial charge in [0.2, 0.25) is 0 Å². The first-order valence-electron chi connectivity index (χ1n) is 11.4. The summed E-state index contributed by atoms with van der Waals surface area (Å²) in [6.07, 6.45) is 3.23. The van der Waals surface area contributed by atoms with Crippen LogP contribution >= 0.6 is 11.6 Å². The molecule has 3 heterocycles. The van der Waals surface area contributed by atoms with Crippen LogP contribution in [0.2, 0.25) is 5.02 Å². The SMILES string of the molecule is CN1CCN(c2ccc(N3C(=O)C(=O)/C(=C(/O)c4ccc(Cl)cc4)C3c3cccnc3)cc2)CC1. The van der Waals surface area contributed by atoms with Gasteiger partial charge in [0, 0.05) is 60.5 Å². The molecule has 2 aliphatic rings. The number of nitrogens with zero attached hydrogens (tertiary/aromatic N) is 4. The quantitative estimate of drug-likeness (QED) is 0.338. The fourth-order valence-corrected chi connectivity index (χ4v) is 4.73. The van der Waals surface area contributed by atoms with E-state index in [0.717, 1.165) is 31.9 Å². The molecule has 3 aromatic rings. The minimum atomic E-state index is -0.811. The number of benzene rings is 2. The molecule has 178 valence electrons. The number of hydrogen-bond donors (Lipinski definition) is 1. The Morgan fingerprint density at radius 2 is 1.60 bits per heavy atom. The lowest BCUT2D eigenvalue weighted by atomic mass is 9.96. The van der Waals surface area contributed by atoms with Crippen molar-refractivity contribution >= 4 is 40.4 Å². The topological polar surface area (TPSA) is 77.0 Å². The van der Waals surface area contributed by atoms with E-state index < -0.39 is 17.7 Å². The highest BCUT2D eigenvalue weighted by atomic mass is 35.5. The molecule has 5 rings (SSSR count). The van der Waals surface area contributed by atoms with Crippen molar-refractivity contribution in [1.82, 2.24) is 9.88 Å². The van der Waals surface area contributed by atoms with Crippen LogP contribution in [0.3, 0.4) is 0 Å². The molecule has 8 heteroatoms. The van der Waals surface area contributed by atoms with E-state index in [-0.39, 0.29) is 11.3 Å². The third-order valence-corrected chi connectivity index (χ3v) is 6.81. The molecular weight excluding hydrogens is 464 g/mol. The monoisotopic (exact) mass is 488 g/mol. The number of aliphatic hydroxyl groups excluding tert-OH is 1. The number of carbonyl (C=O) groups excluding carboxylic acids is 2. The molecule has 0 spiro atoms. The van der Waals surface area contributed by atoms with Gasteiger partial charge in [0.15, 0.2) is 0 Å². The van der Waals surface area contributed by atoms with Crippen molar-refractivity contribution in [2.45, 2.75) is 6.04 Å². The third kappa shape index (κ3) is 4.40. The highest BCUT2D eigenvalue weighted by molar-refractivity contribution is 6.51. The molecule has 2 aliphatic heterocycles. The standard InChI is InChI=1S/C27H25ClN4O3/c1-30-13-15-31(16-14-30)21-8-10-22(11-9-21)32-24(19-3-2-12-29-17-19)23(26(34)27(32)35)25(33)18-4-6-20(28)7-5-18/h2-12,17,24,33H,13-16H2,1H3/b25-23+. The van der Waals surface area contributed by atoms with Crippen molar-refractivity contribution in [2.24, 2.45) is 0 Å². The van der Waals surface area contributed by atoms with Crippen LogP contribution in [-0.4, -0.2) is 59.9 Å². The Balaban J connectivity index is 1.56. The number of aromatic nitrogens is 1. The number of halogens is 1. The number of amides is 1. The van der Waals surface area contributed by atoms with E-state index in [1.54, 1.807) is 48.8 Å². The van der Waals surface area contributed by atoms with Crippen molar-refractivity contribution in [3.63, 3.8) is 0 Å². The second-order valence-corrected chi connectivity index (χ2v) is 9.21. The maximum absolute atomic E-state index is 13.3. The van der Waals surface area contributed by atoms with E-state index in [4.69, 9.17) is 11.6 Å². The number of likely N-dealkylation sites (N-methyl/N-ethyl adjacent to an activating group) is 1. The summed E-state index contributed by atoms with van der Waals surface area (Å²) in [7, 11) is 2.11. The lowest BCUT2D eigenvalue weighted by Gasteiger charge is -2.34. The van der Waals surface area contributed by atoms with Gasteiger partial charge in [0.05, 0.1) is 11.6 Å². The van der Waals surface area contributed by atoms with E-state index in [1.807, 2.05) is 24.3 Å². The van der Waals surface area contributed by atoms with E-state index >= 15 is 0 Å². The highest BCUT2D eigenvalue weighted by Gasteiger charge is 2.47. The summed E-state index contributed by atoms with van der Waals surface area (Å²) in [5.74, 6) is -1.68. The Morgan fingerprint density at radius 3 is 2.23 bits per heavy atom. The maximum Gasteiger partial charge on any atom is 0.300 e. The summed E-state index contributed by atoms with van der Waals surface area (Å²) in [6, 6.07) is 16.9. The van der Waals surface area contributed by atoms with Crippen LogP contribution in [0.15, 0.2) is 78.6 Å². The first-order valence-corrected chi connectivity index (χ1v) is 11.8.